The summed E-state index contributed by atoms with van der Waals surface area (Å²) in [6.07, 6.45) is 3.60. The highest BCUT2D eigenvalue weighted by Crippen LogP contribution is 2.18. The fourth-order valence-electron chi connectivity index (χ4n) is 1.68. The molecule has 1 aromatic carbocycles. The summed E-state index contributed by atoms with van der Waals surface area (Å²) in [6, 6.07) is 7.89. The van der Waals surface area contributed by atoms with Gasteiger partial charge >= 0.3 is 5.97 Å². The number of benzene rings is 1. The summed E-state index contributed by atoms with van der Waals surface area (Å²) in [5.74, 6) is -1.25. The maximum absolute atomic E-state index is 12.0. The molecule has 0 saturated heterocycles. The van der Waals surface area contributed by atoms with Crippen LogP contribution in [0.2, 0.25) is 0 Å². The van der Waals surface area contributed by atoms with Crippen LogP contribution in [0.5, 0.6) is 0 Å². The maximum Gasteiger partial charge on any atom is 0.327 e. The molecule has 1 heterocycles. The van der Waals surface area contributed by atoms with E-state index in [-0.39, 0.29) is 5.91 Å². The topological polar surface area (TPSA) is 57.6 Å². The van der Waals surface area contributed by atoms with E-state index in [9.17, 15) is 9.59 Å². The molecule has 1 N–H and O–H groups in total. The second kappa shape index (κ2) is 4.18. The number of carbonyl (C=O) groups excluding carboxylic acids is 1. The van der Waals surface area contributed by atoms with Crippen LogP contribution >= 0.6 is 0 Å². The van der Waals surface area contributed by atoms with Crippen molar-refractivity contribution in [3.05, 3.63) is 48.2 Å². The molecule has 0 aromatic heterocycles. The second-order valence-electron chi connectivity index (χ2n) is 3.55. The average Bonchev–Trinajstić information content (AvgIpc) is 2.78. The zero-order valence-corrected chi connectivity index (χ0v) is 8.54. The van der Waals surface area contributed by atoms with Crippen LogP contribution in [0, 0.1) is 0 Å². The molecule has 0 saturated carbocycles. The predicted molar refractivity (Wildman–Crippen MR) is 57.8 cm³/mol. The molecule has 1 aliphatic heterocycles. The number of aliphatic carboxylic acids is 1. The van der Waals surface area contributed by atoms with Crippen LogP contribution < -0.4 is 0 Å². The quantitative estimate of drug-likeness (QED) is 0.816. The number of nitrogens with zero attached hydrogens (tertiary/aromatic N) is 1. The van der Waals surface area contributed by atoms with Crippen LogP contribution in [0.1, 0.15) is 16.8 Å². The van der Waals surface area contributed by atoms with Crippen LogP contribution in [0.3, 0.4) is 0 Å². The molecule has 16 heavy (non-hydrogen) atoms. The number of carbonyl (C=O) groups is 2. The largest absolute Gasteiger partial charge is 0.480 e. The Morgan fingerprint density at radius 2 is 1.94 bits per heavy atom. The average molecular weight is 217 g/mol. The first-order chi connectivity index (χ1) is 7.70. The molecule has 0 radical (unpaired) electrons. The Balaban J connectivity index is 2.22. The predicted octanol–water partition coefficient (Wildman–Crippen LogP) is 1.50. The van der Waals surface area contributed by atoms with Crippen molar-refractivity contribution in [2.75, 3.05) is 0 Å². The molecule has 0 aliphatic carbocycles. The highest BCUT2D eigenvalue weighted by atomic mass is 16.4. The fourth-order valence-corrected chi connectivity index (χ4v) is 1.68. The van der Waals surface area contributed by atoms with E-state index in [1.165, 1.54) is 11.1 Å². The fraction of sp³-hybridized carbons (Fsp3) is 0.167. The molecule has 1 amide bonds. The van der Waals surface area contributed by atoms with Crippen molar-refractivity contribution in [1.82, 2.24) is 4.90 Å². The summed E-state index contributed by atoms with van der Waals surface area (Å²) in [5.41, 5.74) is 0.500. The van der Waals surface area contributed by atoms with Gasteiger partial charge in [-0.05, 0) is 18.6 Å². The van der Waals surface area contributed by atoms with Gasteiger partial charge < -0.3 is 10.0 Å². The van der Waals surface area contributed by atoms with Crippen molar-refractivity contribution < 1.29 is 14.7 Å². The van der Waals surface area contributed by atoms with Gasteiger partial charge in [-0.15, -0.1) is 0 Å². The Labute approximate surface area is 92.8 Å². The molecule has 4 nitrogen and oxygen atoms in total. The number of hydrogen-bond donors (Lipinski definition) is 1. The van der Waals surface area contributed by atoms with Crippen molar-refractivity contribution in [2.45, 2.75) is 12.5 Å². The molecule has 1 atom stereocenters. The lowest BCUT2D eigenvalue weighted by atomic mass is 10.1. The van der Waals surface area contributed by atoms with Crippen molar-refractivity contribution in [1.29, 1.82) is 0 Å². The molecule has 1 unspecified atom stereocenters. The minimum Gasteiger partial charge on any atom is -0.480 e. The minimum atomic E-state index is -0.978. The highest BCUT2D eigenvalue weighted by molar-refractivity contribution is 5.97. The summed E-state index contributed by atoms with van der Waals surface area (Å²) < 4.78 is 0. The number of carboxylic acid groups (broad SMARTS) is 1. The van der Waals surface area contributed by atoms with E-state index in [1.807, 2.05) is 6.07 Å². The van der Waals surface area contributed by atoms with Gasteiger partial charge in [-0.1, -0.05) is 24.3 Å². The molecular formula is C12H11NO3. The summed E-state index contributed by atoms with van der Waals surface area (Å²) in [5, 5.41) is 8.95. The molecule has 2 rings (SSSR count). The highest BCUT2D eigenvalue weighted by Gasteiger charge is 2.30. The van der Waals surface area contributed by atoms with E-state index in [1.54, 1.807) is 30.3 Å². The lowest BCUT2D eigenvalue weighted by molar-refractivity contribution is -0.141. The monoisotopic (exact) mass is 217 g/mol. The zero-order chi connectivity index (χ0) is 11.5. The molecule has 4 heteroatoms. The molecule has 1 aromatic rings. The minimum absolute atomic E-state index is 0.276. The smallest absolute Gasteiger partial charge is 0.327 e. The van der Waals surface area contributed by atoms with Gasteiger partial charge in [0.1, 0.15) is 6.04 Å². The van der Waals surface area contributed by atoms with Crippen molar-refractivity contribution in [2.24, 2.45) is 0 Å². The Bertz CT molecular complexity index is 439. The third kappa shape index (κ3) is 1.82. The summed E-state index contributed by atoms with van der Waals surface area (Å²) in [6.45, 7) is 0. The van der Waals surface area contributed by atoms with Gasteiger partial charge in [0.15, 0.2) is 0 Å². The van der Waals surface area contributed by atoms with E-state index >= 15 is 0 Å². The lowest BCUT2D eigenvalue weighted by Gasteiger charge is -2.20. The van der Waals surface area contributed by atoms with Crippen LogP contribution in [0.15, 0.2) is 42.6 Å². The number of amides is 1. The lowest BCUT2D eigenvalue weighted by Crippen LogP contribution is -2.38. The first kappa shape index (κ1) is 10.4. The van der Waals surface area contributed by atoms with E-state index in [0.29, 0.717) is 12.0 Å². The van der Waals surface area contributed by atoms with Crippen molar-refractivity contribution in [3.8, 4) is 0 Å². The SMILES string of the molecule is O=C(O)C1CC=CN1C(=O)c1ccccc1. The van der Waals surface area contributed by atoms with Gasteiger partial charge in [-0.3, -0.25) is 4.79 Å². The third-order valence-corrected chi connectivity index (χ3v) is 2.50. The van der Waals surface area contributed by atoms with Crippen LogP contribution in [0.25, 0.3) is 0 Å². The van der Waals surface area contributed by atoms with E-state index < -0.39 is 12.0 Å². The Morgan fingerprint density at radius 1 is 1.25 bits per heavy atom. The van der Waals surface area contributed by atoms with Gasteiger partial charge in [-0.25, -0.2) is 4.79 Å². The van der Waals surface area contributed by atoms with Gasteiger partial charge in [0.25, 0.3) is 5.91 Å². The van der Waals surface area contributed by atoms with Crippen LogP contribution in [-0.4, -0.2) is 27.9 Å². The summed E-state index contributed by atoms with van der Waals surface area (Å²) in [7, 11) is 0. The summed E-state index contributed by atoms with van der Waals surface area (Å²) in [4.78, 5) is 24.1. The van der Waals surface area contributed by atoms with Gasteiger partial charge in [0.05, 0.1) is 0 Å². The van der Waals surface area contributed by atoms with Crippen molar-refractivity contribution in [3.63, 3.8) is 0 Å². The Kier molecular flexibility index (Phi) is 2.72. The first-order valence-corrected chi connectivity index (χ1v) is 4.97. The normalized spacial score (nSPS) is 18.8. The molecule has 0 spiro atoms. The first-order valence-electron chi connectivity index (χ1n) is 4.97. The molecule has 0 bridgehead atoms. The van der Waals surface area contributed by atoms with Crippen LogP contribution in [-0.2, 0) is 4.79 Å². The Morgan fingerprint density at radius 3 is 2.56 bits per heavy atom. The molecular weight excluding hydrogens is 206 g/mol. The van der Waals surface area contributed by atoms with Crippen molar-refractivity contribution >= 4 is 11.9 Å². The third-order valence-electron chi connectivity index (χ3n) is 2.50. The van der Waals surface area contributed by atoms with Gasteiger partial charge in [0.2, 0.25) is 0 Å². The van der Waals surface area contributed by atoms with E-state index in [2.05, 4.69) is 0 Å². The van der Waals surface area contributed by atoms with E-state index in [4.69, 9.17) is 5.11 Å². The van der Waals surface area contributed by atoms with Gasteiger partial charge in [0, 0.05) is 11.8 Å². The number of carboxylic acids is 1. The van der Waals surface area contributed by atoms with E-state index in [0.717, 1.165) is 0 Å². The summed E-state index contributed by atoms with van der Waals surface area (Å²) >= 11 is 0. The molecule has 1 aliphatic rings. The Hall–Kier alpha value is -2.10. The molecule has 82 valence electrons. The standard InChI is InChI=1S/C12H11NO3/c14-11(9-5-2-1-3-6-9)13-8-4-7-10(13)12(15)16/h1-6,8,10H,7H2,(H,15,16). The zero-order valence-electron chi connectivity index (χ0n) is 8.54. The van der Waals surface area contributed by atoms with Crippen LogP contribution in [0.4, 0.5) is 0 Å². The maximum atomic E-state index is 12.0. The van der Waals surface area contributed by atoms with Gasteiger partial charge in [-0.2, -0.15) is 0 Å². The molecule has 0 fully saturated rings. The number of rotatable bonds is 2. The number of hydrogen-bond acceptors (Lipinski definition) is 2. The second-order valence-corrected chi connectivity index (χ2v) is 3.55.